The molecular formula is C83H98N2O11. The number of ketones is 1. The van der Waals surface area contributed by atoms with Crippen LogP contribution in [0.5, 0.6) is 0 Å². The van der Waals surface area contributed by atoms with Crippen LogP contribution in [-0.2, 0) is 51.8 Å². The Balaban J connectivity index is 0.779. The van der Waals surface area contributed by atoms with Crippen LogP contribution in [0.25, 0.3) is 0 Å². The number of allylic oxidation sites excluding steroid dienone is 5. The minimum Gasteiger partial charge on any atom is -0.469 e. The molecule has 13 nitrogen and oxygen atoms in total. The van der Waals surface area contributed by atoms with Gasteiger partial charge in [0.2, 0.25) is 0 Å². The summed E-state index contributed by atoms with van der Waals surface area (Å²) in [7, 11) is 0. The third kappa shape index (κ3) is 6.56. The Morgan fingerprint density at radius 3 is 2.64 bits per heavy atom. The van der Waals surface area contributed by atoms with Gasteiger partial charge in [0.15, 0.2) is 17.5 Å². The number of benzene rings is 1. The highest BCUT2D eigenvalue weighted by molar-refractivity contribution is 5.94. The topological polar surface area (TPSA) is 181 Å². The van der Waals surface area contributed by atoms with Crippen LogP contribution in [0.15, 0.2) is 95.3 Å². The molecule has 506 valence electrons. The van der Waals surface area contributed by atoms with Crippen LogP contribution in [0.2, 0.25) is 0 Å². The molecule has 4 N–H and O–H groups in total. The fraction of sp³-hybridized carbons (Fsp3) is 0.723. The van der Waals surface area contributed by atoms with Gasteiger partial charge >= 0.3 is 11.9 Å². The number of hydrogen-bond donors (Lipinski definition) is 4. The van der Waals surface area contributed by atoms with Gasteiger partial charge in [0.05, 0.1) is 54.9 Å². The molecule has 8 heterocycles. The van der Waals surface area contributed by atoms with Crippen LogP contribution in [0.3, 0.4) is 0 Å². The van der Waals surface area contributed by atoms with Gasteiger partial charge in [-0.25, -0.2) is 4.79 Å². The van der Waals surface area contributed by atoms with E-state index in [1.807, 2.05) is 6.07 Å². The minimum absolute atomic E-state index is 0.0325. The van der Waals surface area contributed by atoms with Crippen molar-refractivity contribution in [1.82, 2.24) is 10.2 Å². The van der Waals surface area contributed by atoms with Crippen LogP contribution in [0.1, 0.15) is 165 Å². The predicted octanol–water partition coefficient (Wildman–Crippen LogP) is 11.3. The Hall–Kier alpha value is -4.81. The summed E-state index contributed by atoms with van der Waals surface area (Å²) >= 11 is 0. The summed E-state index contributed by atoms with van der Waals surface area (Å²) in [4.78, 5) is 53.8. The van der Waals surface area contributed by atoms with Crippen molar-refractivity contribution in [2.75, 3.05) is 26.4 Å². The predicted molar refractivity (Wildman–Crippen MR) is 352 cm³/mol. The fourth-order valence-corrected chi connectivity index (χ4v) is 32.1. The lowest BCUT2D eigenvalue weighted by molar-refractivity contribution is -0.315. The van der Waals surface area contributed by atoms with E-state index in [-0.39, 0.29) is 83.0 Å². The Kier molecular flexibility index (Phi) is 11.9. The van der Waals surface area contributed by atoms with Crippen LogP contribution in [0.4, 0.5) is 0 Å². The van der Waals surface area contributed by atoms with Crippen LogP contribution in [-0.4, -0.2) is 106 Å². The van der Waals surface area contributed by atoms with E-state index in [1.165, 1.54) is 43.2 Å². The first kappa shape index (κ1) is 58.9. The van der Waals surface area contributed by atoms with Crippen molar-refractivity contribution in [1.29, 1.82) is 0 Å². The molecule has 8 spiro atoms. The van der Waals surface area contributed by atoms with E-state index in [0.717, 1.165) is 109 Å². The molecule has 1 aromatic heterocycles. The van der Waals surface area contributed by atoms with Crippen molar-refractivity contribution in [3.63, 3.8) is 0 Å². The number of carbonyl (C=O) groups excluding carboxylic acids is 3. The van der Waals surface area contributed by atoms with Gasteiger partial charge < -0.3 is 43.6 Å². The van der Waals surface area contributed by atoms with Crippen LogP contribution >= 0.6 is 0 Å². The van der Waals surface area contributed by atoms with E-state index in [9.17, 15) is 10.2 Å². The van der Waals surface area contributed by atoms with Gasteiger partial charge in [-0.1, -0.05) is 105 Å². The normalized spacial score (nSPS) is 53.8. The Morgan fingerprint density at radius 1 is 0.875 bits per heavy atom. The second kappa shape index (κ2) is 19.4. The number of fused-ring (bicyclic) bond motifs is 6. The highest BCUT2D eigenvalue weighted by Gasteiger charge is 3.01. The molecule has 22 rings (SSSR count). The molecule has 96 heavy (non-hydrogen) atoms. The van der Waals surface area contributed by atoms with E-state index in [1.54, 1.807) is 6.26 Å². The maximum atomic E-state index is 18.4. The largest absolute Gasteiger partial charge is 0.469 e. The van der Waals surface area contributed by atoms with E-state index in [2.05, 4.69) is 102 Å². The number of furan rings is 1. The zero-order valence-electron chi connectivity index (χ0n) is 56.1. The SMILES string of the molecule is CC12CC3CC45CC6(CCCC6)CC4CC4=CC6C7(CCC8C=CCC9C%10CCCC%10C=CC896)OC46C5C(=O)OCC64C7C(=O)C(O)C5(C6CC(Cc7ccccc7)CCC6C#CCC1(c1ccoc1CC(C(O)CO)C1CCC6C(C=CN7CNCC67)C1)OC(=O)C1OC152)C34. The number of aliphatic hydroxyl groups excluding tert-OH is 3. The lowest BCUT2D eigenvalue weighted by Crippen LogP contribution is -2.84. The number of epoxide rings is 1. The van der Waals surface area contributed by atoms with Crippen LogP contribution < -0.4 is 5.32 Å². The Labute approximate surface area is 565 Å². The van der Waals surface area contributed by atoms with E-state index in [0.29, 0.717) is 67.1 Å². The average Bonchev–Trinajstić information content (AvgIpc) is 1.40. The molecule has 0 amide bonds. The number of esters is 2. The van der Waals surface area contributed by atoms with Gasteiger partial charge in [-0.15, -0.1) is 0 Å². The first-order valence-corrected chi connectivity index (χ1v) is 38.8. The van der Waals surface area contributed by atoms with Crippen molar-refractivity contribution < 1.29 is 53.1 Å². The lowest BCUT2D eigenvalue weighted by atomic mass is 9.28. The summed E-state index contributed by atoms with van der Waals surface area (Å²) < 4.78 is 38.7. The molecular weight excluding hydrogens is 1200 g/mol. The number of carbonyl (C=O) groups is 3. The van der Waals surface area contributed by atoms with Crippen molar-refractivity contribution >= 4 is 17.7 Å². The highest BCUT2D eigenvalue weighted by atomic mass is 16.7. The van der Waals surface area contributed by atoms with Gasteiger partial charge in [-0.2, -0.15) is 0 Å². The van der Waals surface area contributed by atoms with Gasteiger partial charge in [-0.3, -0.25) is 14.9 Å². The first-order valence-electron chi connectivity index (χ1n) is 38.8. The maximum Gasteiger partial charge on any atom is 0.339 e. The van der Waals surface area contributed by atoms with Gasteiger partial charge in [0.25, 0.3) is 0 Å². The number of nitrogens with zero attached hydrogens (tertiary/aromatic N) is 1. The highest BCUT2D eigenvalue weighted by Crippen LogP contribution is 2.93. The summed E-state index contributed by atoms with van der Waals surface area (Å²) in [6.07, 6.45) is 37.2. The summed E-state index contributed by atoms with van der Waals surface area (Å²) in [5, 5.41) is 42.5. The summed E-state index contributed by atoms with van der Waals surface area (Å²) in [5.74, 6) is 7.40. The third-order valence-electron chi connectivity index (χ3n) is 34.5. The monoisotopic (exact) mass is 1300 g/mol. The molecule has 5 saturated heterocycles. The molecule has 0 radical (unpaired) electrons. The number of aliphatic hydroxyl groups is 3. The molecule has 1 aromatic carbocycles. The summed E-state index contributed by atoms with van der Waals surface area (Å²) in [6, 6.07) is 13.3. The van der Waals surface area contributed by atoms with Crippen LogP contribution in [0, 0.1) is 145 Å². The molecule has 13 aliphatic carbocycles. The van der Waals surface area contributed by atoms with Crippen molar-refractivity contribution in [3.05, 3.63) is 108 Å². The number of nitrogens with one attached hydrogen (secondary N) is 1. The van der Waals surface area contributed by atoms with Crippen molar-refractivity contribution in [2.45, 2.75) is 208 Å². The molecule has 9 bridgehead atoms. The Bertz CT molecular complexity index is 3890. The number of hydrogen-bond acceptors (Lipinski definition) is 13. The summed E-state index contributed by atoms with van der Waals surface area (Å²) in [5.41, 5.74) is -6.46. The van der Waals surface area contributed by atoms with E-state index >= 15 is 19.5 Å². The molecule has 13 heteroatoms. The molecule has 10 saturated carbocycles. The molecule has 7 aliphatic heterocycles. The quantitative estimate of drug-likeness (QED) is 0.0849. The molecule has 2 aromatic rings. The summed E-state index contributed by atoms with van der Waals surface area (Å²) in [6.45, 7) is 3.80. The maximum absolute atomic E-state index is 18.4. The second-order valence-corrected chi connectivity index (χ2v) is 36.8. The van der Waals surface area contributed by atoms with E-state index in [4.69, 9.17) is 23.4 Å². The number of Topliss-reactive ketones (excluding diaryl/α,β-unsaturated/α-hetero) is 1. The molecule has 20 aliphatic rings. The number of rotatable bonds is 8. The second-order valence-electron chi connectivity index (χ2n) is 36.8. The number of ether oxygens (including phenoxy) is 4. The van der Waals surface area contributed by atoms with Gasteiger partial charge in [0, 0.05) is 52.7 Å². The fourth-order valence-electron chi connectivity index (χ4n) is 32.1. The molecule has 30 atom stereocenters. The Morgan fingerprint density at radius 2 is 1.76 bits per heavy atom. The standard InChI is InChI=1S/C83H98N2O11/c1-74-38-52-39-76-43-75(25-5-6-26-75)40-55(76)35-54-36-65-77-28-21-48-12-7-15-56(48)59(77)16-8-14-53(77)22-29-79(65)68-66(88)70(89)81(67(52)78(68)44-93-72(90)69(76)82(54,78)96-79)61-33-47(32-46-10-3-2-4-11-46)17-18-49(61)13-9-27-80(74,95-73(91)71-83(74,81)94-71)60-24-31-92-64(60)37-58(63(87)42-86)50-19-20-57-51(34-50)23-30-85-45-84-41-62(57)85/h2-4,8,10-11,14,21,23-24,28,30-31,36,47-53,55-59,61-63,65,67-71,84,86-87,89H,5-7,12,15-20,22,25-27,29,32-35,37-45H2,1H3. The van der Waals surface area contributed by atoms with E-state index < -0.39 is 98.6 Å². The number of cyclic esters (lactones) is 1. The van der Waals surface area contributed by atoms with Crippen molar-refractivity contribution in [2.24, 2.45) is 133 Å². The third-order valence-corrected chi connectivity index (χ3v) is 34.5. The molecule has 15 fully saturated rings. The first-order chi connectivity index (χ1) is 46.7. The minimum atomic E-state index is -1.58. The van der Waals surface area contributed by atoms with Crippen molar-refractivity contribution in [3.8, 4) is 11.8 Å². The van der Waals surface area contributed by atoms with Gasteiger partial charge in [0.1, 0.15) is 29.7 Å². The lowest BCUT2D eigenvalue weighted by Gasteiger charge is -2.74. The molecule has 30 unspecified atom stereocenters. The average molecular weight is 1300 g/mol. The van der Waals surface area contributed by atoms with Gasteiger partial charge in [-0.05, 0) is 233 Å². The zero-order valence-corrected chi connectivity index (χ0v) is 56.1. The zero-order chi connectivity index (χ0) is 64.1. The smallest absolute Gasteiger partial charge is 0.339 e.